The molecule has 1 atom stereocenters. The molecule has 0 spiro atoms. The summed E-state index contributed by atoms with van der Waals surface area (Å²) in [5.41, 5.74) is 0. The quantitative estimate of drug-likeness (QED) is 0.647. The van der Waals surface area contributed by atoms with Gasteiger partial charge < -0.3 is 14.8 Å². The summed E-state index contributed by atoms with van der Waals surface area (Å²) in [5, 5.41) is 3.56. The Morgan fingerprint density at radius 3 is 2.56 bits per heavy atom. The van der Waals surface area contributed by atoms with Crippen LogP contribution in [0.2, 0.25) is 0 Å². The minimum Gasteiger partial charge on any atom is -0.382 e. The van der Waals surface area contributed by atoms with Crippen LogP contribution in [0, 0.1) is 5.92 Å². The van der Waals surface area contributed by atoms with Crippen LogP contribution in [0.25, 0.3) is 0 Å². The summed E-state index contributed by atoms with van der Waals surface area (Å²) in [6.07, 6.45) is 7.07. The van der Waals surface area contributed by atoms with Crippen molar-refractivity contribution in [2.24, 2.45) is 5.92 Å². The molecule has 0 aromatic rings. The summed E-state index contributed by atoms with van der Waals surface area (Å²) >= 11 is 0. The van der Waals surface area contributed by atoms with Gasteiger partial charge in [0, 0.05) is 19.7 Å². The fraction of sp³-hybridized carbons (Fsp3) is 1.00. The molecule has 1 aliphatic rings. The molecule has 1 unspecified atom stereocenters. The van der Waals surface area contributed by atoms with Crippen molar-refractivity contribution < 1.29 is 9.47 Å². The third-order valence-electron chi connectivity index (χ3n) is 3.50. The number of rotatable bonds is 8. The van der Waals surface area contributed by atoms with E-state index >= 15 is 0 Å². The molecule has 0 amide bonds. The van der Waals surface area contributed by atoms with Crippen LogP contribution in [-0.2, 0) is 9.47 Å². The Kier molecular flexibility index (Phi) is 7.81. The molecule has 0 aliphatic heterocycles. The van der Waals surface area contributed by atoms with E-state index in [1.165, 1.54) is 32.1 Å². The van der Waals surface area contributed by atoms with Gasteiger partial charge >= 0.3 is 0 Å². The van der Waals surface area contributed by atoms with Crippen LogP contribution in [0.1, 0.15) is 39.0 Å². The molecule has 0 radical (unpaired) electrons. The highest BCUT2D eigenvalue weighted by atomic mass is 16.5. The molecule has 0 heterocycles. The highest BCUT2D eigenvalue weighted by Gasteiger charge is 2.18. The molecule has 0 bridgehead atoms. The highest BCUT2D eigenvalue weighted by Crippen LogP contribution is 2.26. The molecule has 0 saturated heterocycles. The van der Waals surface area contributed by atoms with E-state index in [1.807, 2.05) is 0 Å². The van der Waals surface area contributed by atoms with Gasteiger partial charge in [0.25, 0.3) is 0 Å². The summed E-state index contributed by atoms with van der Waals surface area (Å²) in [6.45, 7) is 5.46. The second kappa shape index (κ2) is 8.97. The van der Waals surface area contributed by atoms with Crippen LogP contribution < -0.4 is 5.32 Å². The van der Waals surface area contributed by atoms with E-state index in [4.69, 9.17) is 9.47 Å². The zero-order valence-corrected chi connectivity index (χ0v) is 10.8. The molecule has 1 N–H and O–H groups in total. The molecule has 3 heteroatoms. The molecule has 96 valence electrons. The number of nitrogens with one attached hydrogen (secondary N) is 1. The second-order valence-electron chi connectivity index (χ2n) is 4.75. The van der Waals surface area contributed by atoms with Crippen molar-refractivity contribution in [3.8, 4) is 0 Å². The van der Waals surface area contributed by atoms with E-state index in [1.54, 1.807) is 7.11 Å². The lowest BCUT2D eigenvalue weighted by Crippen LogP contribution is -2.36. The Morgan fingerprint density at radius 2 is 1.88 bits per heavy atom. The lowest BCUT2D eigenvalue weighted by Gasteiger charge is -2.28. The van der Waals surface area contributed by atoms with E-state index in [0.717, 1.165) is 19.1 Å². The van der Waals surface area contributed by atoms with Gasteiger partial charge in [0.15, 0.2) is 0 Å². The lowest BCUT2D eigenvalue weighted by molar-refractivity contribution is 0.0701. The molecular formula is C13H27NO2. The third-order valence-corrected chi connectivity index (χ3v) is 3.50. The first-order valence-corrected chi connectivity index (χ1v) is 6.64. The Hall–Kier alpha value is -0.120. The van der Waals surface area contributed by atoms with Crippen molar-refractivity contribution in [3.05, 3.63) is 0 Å². The Labute approximate surface area is 99.9 Å². The van der Waals surface area contributed by atoms with E-state index < -0.39 is 0 Å². The maximum atomic E-state index is 5.42. The van der Waals surface area contributed by atoms with Crippen molar-refractivity contribution in [2.45, 2.75) is 45.1 Å². The van der Waals surface area contributed by atoms with E-state index in [9.17, 15) is 0 Å². The summed E-state index contributed by atoms with van der Waals surface area (Å²) in [5.74, 6) is 0.882. The molecular weight excluding hydrogens is 202 g/mol. The van der Waals surface area contributed by atoms with Gasteiger partial charge in [-0.05, 0) is 25.7 Å². The van der Waals surface area contributed by atoms with Gasteiger partial charge in [0.1, 0.15) is 0 Å². The van der Waals surface area contributed by atoms with Crippen LogP contribution in [0.5, 0.6) is 0 Å². The number of hydrogen-bond acceptors (Lipinski definition) is 3. The van der Waals surface area contributed by atoms with Crippen molar-refractivity contribution in [1.29, 1.82) is 0 Å². The monoisotopic (exact) mass is 229 g/mol. The first-order valence-electron chi connectivity index (χ1n) is 6.64. The third kappa shape index (κ3) is 5.83. The van der Waals surface area contributed by atoms with Crippen LogP contribution in [0.3, 0.4) is 0 Å². The summed E-state index contributed by atoms with van der Waals surface area (Å²) in [4.78, 5) is 0. The normalized spacial score (nSPS) is 19.9. The van der Waals surface area contributed by atoms with Crippen LogP contribution >= 0.6 is 0 Å². The number of hydrogen-bond donors (Lipinski definition) is 1. The summed E-state index contributed by atoms with van der Waals surface area (Å²) in [6, 6.07) is 0.645. The highest BCUT2D eigenvalue weighted by molar-refractivity contribution is 4.75. The molecule has 1 fully saturated rings. The second-order valence-corrected chi connectivity index (χ2v) is 4.75. The van der Waals surface area contributed by atoms with Gasteiger partial charge in [0.05, 0.1) is 19.8 Å². The standard InChI is InChI=1S/C13H27NO2/c1-12(13-6-4-3-5-7-13)14-8-9-16-11-10-15-2/h12-14H,3-11H2,1-2H3. The largest absolute Gasteiger partial charge is 0.382 e. The molecule has 1 rings (SSSR count). The minimum absolute atomic E-state index is 0.645. The van der Waals surface area contributed by atoms with Gasteiger partial charge in [-0.3, -0.25) is 0 Å². The molecule has 3 nitrogen and oxygen atoms in total. The van der Waals surface area contributed by atoms with Gasteiger partial charge in [0.2, 0.25) is 0 Å². The van der Waals surface area contributed by atoms with Crippen molar-refractivity contribution in [2.75, 3.05) is 33.5 Å². The summed E-state index contributed by atoms with van der Waals surface area (Å²) in [7, 11) is 1.70. The SMILES string of the molecule is COCCOCCNC(C)C1CCCCC1. The van der Waals surface area contributed by atoms with Gasteiger partial charge in [-0.15, -0.1) is 0 Å². The molecule has 0 aromatic heterocycles. The summed E-state index contributed by atoms with van der Waals surface area (Å²) < 4.78 is 10.3. The average molecular weight is 229 g/mol. The number of methoxy groups -OCH3 is 1. The van der Waals surface area contributed by atoms with Gasteiger partial charge in [-0.2, -0.15) is 0 Å². The average Bonchev–Trinajstić information content (AvgIpc) is 2.34. The first-order chi connectivity index (χ1) is 7.84. The molecule has 1 saturated carbocycles. The molecule has 1 aliphatic carbocycles. The van der Waals surface area contributed by atoms with E-state index in [2.05, 4.69) is 12.2 Å². The smallest absolute Gasteiger partial charge is 0.0700 e. The van der Waals surface area contributed by atoms with Crippen molar-refractivity contribution in [1.82, 2.24) is 5.32 Å². The molecule has 0 aromatic carbocycles. The molecule has 16 heavy (non-hydrogen) atoms. The zero-order valence-electron chi connectivity index (χ0n) is 10.8. The number of ether oxygens (including phenoxy) is 2. The van der Waals surface area contributed by atoms with Crippen LogP contribution in [-0.4, -0.2) is 39.5 Å². The fourth-order valence-corrected chi connectivity index (χ4v) is 2.40. The predicted molar refractivity (Wildman–Crippen MR) is 66.7 cm³/mol. The van der Waals surface area contributed by atoms with Crippen molar-refractivity contribution >= 4 is 0 Å². The van der Waals surface area contributed by atoms with E-state index in [0.29, 0.717) is 19.3 Å². The Morgan fingerprint density at radius 1 is 1.12 bits per heavy atom. The van der Waals surface area contributed by atoms with Crippen molar-refractivity contribution in [3.63, 3.8) is 0 Å². The fourth-order valence-electron chi connectivity index (χ4n) is 2.40. The maximum absolute atomic E-state index is 5.42. The first kappa shape index (κ1) is 13.9. The lowest BCUT2D eigenvalue weighted by atomic mass is 9.84. The Balaban J connectivity index is 1.94. The van der Waals surface area contributed by atoms with Crippen LogP contribution in [0.15, 0.2) is 0 Å². The Bertz CT molecular complexity index is 158. The minimum atomic E-state index is 0.645. The topological polar surface area (TPSA) is 30.5 Å². The van der Waals surface area contributed by atoms with E-state index in [-0.39, 0.29) is 0 Å². The zero-order chi connectivity index (χ0) is 11.6. The van der Waals surface area contributed by atoms with Gasteiger partial charge in [-0.25, -0.2) is 0 Å². The van der Waals surface area contributed by atoms with Crippen LogP contribution in [0.4, 0.5) is 0 Å². The maximum Gasteiger partial charge on any atom is 0.0700 e. The van der Waals surface area contributed by atoms with Gasteiger partial charge in [-0.1, -0.05) is 19.3 Å². The predicted octanol–water partition coefficient (Wildman–Crippen LogP) is 2.21.